The number of carbonyl (C=O) groups is 2. The van der Waals surface area contributed by atoms with Crippen LogP contribution in [0.2, 0.25) is 0 Å². The van der Waals surface area contributed by atoms with Gasteiger partial charge in [-0.1, -0.05) is 36.8 Å². The number of nitrogens with zero attached hydrogens (tertiary/aromatic N) is 4. The molecule has 6 nitrogen and oxygen atoms in total. The Morgan fingerprint density at radius 1 is 0.791 bits per heavy atom. The van der Waals surface area contributed by atoms with Crippen LogP contribution in [0.3, 0.4) is 0 Å². The van der Waals surface area contributed by atoms with E-state index in [1.165, 1.54) is 56.3 Å². The molecule has 3 aromatic rings. The minimum atomic E-state index is 0.00188. The van der Waals surface area contributed by atoms with Crippen molar-refractivity contribution in [1.82, 2.24) is 14.4 Å². The number of aryl methyl sites for hydroxylation is 1. The molecule has 2 aromatic carbocycles. The van der Waals surface area contributed by atoms with Gasteiger partial charge in [0.1, 0.15) is 5.69 Å². The van der Waals surface area contributed by atoms with Crippen molar-refractivity contribution in [1.29, 1.82) is 0 Å². The lowest BCUT2D eigenvalue weighted by Gasteiger charge is -2.40. The number of anilines is 1. The van der Waals surface area contributed by atoms with Gasteiger partial charge in [0.15, 0.2) is 0 Å². The number of likely N-dealkylation sites (tertiary alicyclic amines) is 2. The minimum absolute atomic E-state index is 0.00188. The van der Waals surface area contributed by atoms with Crippen LogP contribution < -0.4 is 4.90 Å². The molecule has 0 bridgehead atoms. The molecule has 0 radical (unpaired) electrons. The highest BCUT2D eigenvalue weighted by Gasteiger charge is 2.32. The summed E-state index contributed by atoms with van der Waals surface area (Å²) < 4.78 is 2.15. The van der Waals surface area contributed by atoms with Crippen LogP contribution in [0.5, 0.6) is 0 Å². The Bertz CT molecular complexity index is 1540. The largest absolute Gasteiger partial charge is 0.337 e. The molecule has 2 saturated heterocycles. The van der Waals surface area contributed by atoms with Crippen LogP contribution >= 0.6 is 0 Å². The topological polar surface area (TPSA) is 48.8 Å². The van der Waals surface area contributed by atoms with Gasteiger partial charge in [0, 0.05) is 36.1 Å². The summed E-state index contributed by atoms with van der Waals surface area (Å²) in [4.78, 5) is 34.6. The zero-order valence-corrected chi connectivity index (χ0v) is 25.6. The van der Waals surface area contributed by atoms with Gasteiger partial charge in [-0.15, -0.1) is 0 Å². The van der Waals surface area contributed by atoms with E-state index in [1.54, 1.807) is 0 Å². The zero-order valence-electron chi connectivity index (χ0n) is 25.6. The molecule has 0 spiro atoms. The molecule has 1 aliphatic carbocycles. The molecule has 6 heteroatoms. The van der Waals surface area contributed by atoms with E-state index in [1.807, 2.05) is 41.3 Å². The van der Waals surface area contributed by atoms with E-state index in [2.05, 4.69) is 45.6 Å². The fourth-order valence-electron chi connectivity index (χ4n) is 7.80. The Hall–Kier alpha value is -3.64. The third kappa shape index (κ3) is 5.58. The maximum Gasteiger partial charge on any atom is 0.270 e. The van der Waals surface area contributed by atoms with Gasteiger partial charge in [0.05, 0.1) is 13.1 Å². The second kappa shape index (κ2) is 12.2. The summed E-state index contributed by atoms with van der Waals surface area (Å²) in [7, 11) is 0. The molecule has 0 atom stereocenters. The second-order valence-corrected chi connectivity index (χ2v) is 12.9. The smallest absolute Gasteiger partial charge is 0.270 e. The standard InChI is InChI=1S/C37H44N4O2/c1-27-24-29(14-16-33(27)28-10-4-2-5-11-28)36(42)41-26-32-15-17-35(40(32)25-30-12-6-7-13-34(30)41)37(43)39-22-18-31(19-23-39)38-20-8-3-9-21-38/h6-7,10,12-17,24,31H,2-5,8-9,11,18-23,25-26H2,1H3. The average Bonchev–Trinajstić information content (AvgIpc) is 3.37. The summed E-state index contributed by atoms with van der Waals surface area (Å²) in [6.07, 6.45) is 13.2. The maximum absolute atomic E-state index is 14.1. The molecule has 1 aromatic heterocycles. The Labute approximate surface area is 256 Å². The molecule has 43 heavy (non-hydrogen) atoms. The SMILES string of the molecule is Cc1cc(C(=O)N2Cc3ccc(C(=O)N4CCC(N5CCCCC5)CC4)n3Cc3ccccc32)ccc1C1=CCCCC1. The van der Waals surface area contributed by atoms with Crippen molar-refractivity contribution in [3.05, 3.63) is 94.3 Å². The number of rotatable bonds is 4. The summed E-state index contributed by atoms with van der Waals surface area (Å²) in [6, 6.07) is 19.0. The molecular weight excluding hydrogens is 532 g/mol. The normalized spacial score (nSPS) is 19.8. The van der Waals surface area contributed by atoms with Gasteiger partial charge in [-0.2, -0.15) is 0 Å². The number of hydrogen-bond acceptors (Lipinski definition) is 3. The first-order valence-corrected chi connectivity index (χ1v) is 16.5. The first kappa shape index (κ1) is 28.1. The van der Waals surface area contributed by atoms with Crippen molar-refractivity contribution in [2.45, 2.75) is 83.8 Å². The lowest BCUT2D eigenvalue weighted by molar-refractivity contribution is 0.0580. The molecule has 3 aliphatic heterocycles. The van der Waals surface area contributed by atoms with E-state index >= 15 is 0 Å². The van der Waals surface area contributed by atoms with E-state index < -0.39 is 0 Å². The monoisotopic (exact) mass is 576 g/mol. The van der Waals surface area contributed by atoms with E-state index in [4.69, 9.17) is 0 Å². The molecule has 7 rings (SSSR count). The lowest BCUT2D eigenvalue weighted by Crippen LogP contribution is -2.48. The molecule has 0 N–H and O–H groups in total. The summed E-state index contributed by atoms with van der Waals surface area (Å²) in [5.74, 6) is 0.117. The fourth-order valence-corrected chi connectivity index (χ4v) is 7.80. The fraction of sp³-hybridized carbons (Fsp3) is 0.459. The Morgan fingerprint density at radius 3 is 2.37 bits per heavy atom. The average molecular weight is 577 g/mol. The van der Waals surface area contributed by atoms with Crippen molar-refractivity contribution in [2.75, 3.05) is 31.1 Å². The third-order valence-electron chi connectivity index (χ3n) is 10.2. The summed E-state index contributed by atoms with van der Waals surface area (Å²) >= 11 is 0. The second-order valence-electron chi connectivity index (χ2n) is 12.9. The molecule has 0 saturated carbocycles. The van der Waals surface area contributed by atoms with Gasteiger partial charge in [-0.05, 0) is 124 Å². The van der Waals surface area contributed by atoms with Crippen LogP contribution in [0.15, 0.2) is 60.7 Å². The number of aromatic nitrogens is 1. The predicted molar refractivity (Wildman–Crippen MR) is 172 cm³/mol. The molecule has 4 aliphatic rings. The van der Waals surface area contributed by atoms with Crippen LogP contribution in [-0.2, 0) is 13.1 Å². The third-order valence-corrected chi connectivity index (χ3v) is 10.2. The van der Waals surface area contributed by atoms with Crippen molar-refractivity contribution < 1.29 is 9.59 Å². The Morgan fingerprint density at radius 2 is 1.60 bits per heavy atom. The van der Waals surface area contributed by atoms with E-state index in [-0.39, 0.29) is 11.8 Å². The van der Waals surface area contributed by atoms with Crippen LogP contribution in [0.25, 0.3) is 5.57 Å². The van der Waals surface area contributed by atoms with Crippen LogP contribution in [0.1, 0.15) is 101 Å². The van der Waals surface area contributed by atoms with Gasteiger partial charge < -0.3 is 19.3 Å². The number of fused-ring (bicyclic) bond motifs is 2. The minimum Gasteiger partial charge on any atom is -0.337 e. The summed E-state index contributed by atoms with van der Waals surface area (Å²) in [5, 5.41) is 0. The molecule has 2 amide bonds. The van der Waals surface area contributed by atoms with Crippen LogP contribution in [0.4, 0.5) is 5.69 Å². The van der Waals surface area contributed by atoms with Gasteiger partial charge in [-0.3, -0.25) is 9.59 Å². The molecule has 2 fully saturated rings. The van der Waals surface area contributed by atoms with Gasteiger partial charge in [0.2, 0.25) is 0 Å². The van der Waals surface area contributed by atoms with Gasteiger partial charge >= 0.3 is 0 Å². The van der Waals surface area contributed by atoms with E-state index in [0.29, 0.717) is 24.7 Å². The van der Waals surface area contributed by atoms with Gasteiger partial charge in [-0.25, -0.2) is 0 Å². The number of benzene rings is 2. The first-order chi connectivity index (χ1) is 21.1. The van der Waals surface area contributed by atoms with E-state index in [0.717, 1.165) is 67.0 Å². The molecular formula is C37H44N4O2. The number of piperidine rings is 2. The highest BCUT2D eigenvalue weighted by molar-refractivity contribution is 6.07. The highest BCUT2D eigenvalue weighted by atomic mass is 16.2. The van der Waals surface area contributed by atoms with Crippen molar-refractivity contribution >= 4 is 23.1 Å². The molecule has 224 valence electrons. The lowest BCUT2D eigenvalue weighted by atomic mass is 9.90. The van der Waals surface area contributed by atoms with Crippen molar-refractivity contribution in [3.8, 4) is 0 Å². The first-order valence-electron chi connectivity index (χ1n) is 16.5. The number of para-hydroxylation sites is 1. The van der Waals surface area contributed by atoms with Crippen molar-refractivity contribution in [2.24, 2.45) is 0 Å². The Balaban J connectivity index is 1.12. The van der Waals surface area contributed by atoms with E-state index in [9.17, 15) is 9.59 Å². The Kier molecular flexibility index (Phi) is 7.96. The number of hydrogen-bond donors (Lipinski definition) is 0. The van der Waals surface area contributed by atoms with Gasteiger partial charge in [0.25, 0.3) is 11.8 Å². The van der Waals surface area contributed by atoms with Crippen LogP contribution in [0, 0.1) is 6.92 Å². The van der Waals surface area contributed by atoms with Crippen LogP contribution in [-0.4, -0.2) is 58.4 Å². The summed E-state index contributed by atoms with van der Waals surface area (Å²) in [5.41, 5.74) is 8.26. The zero-order chi connectivity index (χ0) is 29.3. The maximum atomic E-state index is 14.1. The quantitative estimate of drug-likeness (QED) is 0.334. The predicted octanol–water partition coefficient (Wildman–Crippen LogP) is 7.05. The molecule has 0 unspecified atom stereocenters. The number of allylic oxidation sites excluding steroid dienone is 2. The highest BCUT2D eigenvalue weighted by Crippen LogP contribution is 2.33. The van der Waals surface area contributed by atoms with Crippen molar-refractivity contribution in [3.63, 3.8) is 0 Å². The number of carbonyl (C=O) groups excluding carboxylic acids is 2. The number of amides is 2. The summed E-state index contributed by atoms with van der Waals surface area (Å²) in [6.45, 7) is 7.19. The molecule has 4 heterocycles.